The zero-order valence-corrected chi connectivity index (χ0v) is 8.22. The van der Waals surface area contributed by atoms with Crippen molar-refractivity contribution in [3.8, 4) is 0 Å². The first-order valence-corrected chi connectivity index (χ1v) is 4.64. The van der Waals surface area contributed by atoms with E-state index in [0.29, 0.717) is 11.8 Å². The minimum Gasteiger partial charge on any atom is -0.370 e. The van der Waals surface area contributed by atoms with Gasteiger partial charge >= 0.3 is 0 Å². The van der Waals surface area contributed by atoms with E-state index in [4.69, 9.17) is 0 Å². The van der Waals surface area contributed by atoms with Gasteiger partial charge in [0.1, 0.15) is 5.82 Å². The monoisotopic (exact) mass is 181 g/mol. The predicted octanol–water partition coefficient (Wildman–Crippen LogP) is 0.879. The summed E-state index contributed by atoms with van der Waals surface area (Å²) in [5, 5.41) is 6.22. The summed E-state index contributed by atoms with van der Waals surface area (Å²) in [5.41, 5.74) is 1.04. The molecule has 72 valence electrons. The van der Waals surface area contributed by atoms with Crippen molar-refractivity contribution in [2.75, 3.05) is 11.9 Å². The number of nitrogens with zero attached hydrogens (tertiary/aromatic N) is 1. The summed E-state index contributed by atoms with van der Waals surface area (Å²) < 4.78 is 1.53. The van der Waals surface area contributed by atoms with E-state index in [9.17, 15) is 4.79 Å². The lowest BCUT2D eigenvalue weighted by Gasteiger charge is -2.11. The van der Waals surface area contributed by atoms with E-state index in [2.05, 4.69) is 24.3 Å². The lowest BCUT2D eigenvalue weighted by Crippen LogP contribution is -2.21. The number of anilines is 1. The molecule has 4 heteroatoms. The van der Waals surface area contributed by atoms with Crippen LogP contribution in [0.4, 0.5) is 5.82 Å². The first-order chi connectivity index (χ1) is 6.11. The minimum absolute atomic E-state index is 0.110. The normalized spacial score (nSPS) is 20.5. The topological polar surface area (TPSA) is 49.8 Å². The molecule has 1 aliphatic rings. The SMILES string of the molecule is CC(C)[C@@H]1CNc2[nH]n(C)c(=O)c21. The van der Waals surface area contributed by atoms with Crippen LogP contribution in [0.25, 0.3) is 0 Å². The number of H-pyrrole nitrogens is 1. The van der Waals surface area contributed by atoms with Gasteiger partial charge < -0.3 is 5.32 Å². The van der Waals surface area contributed by atoms with Crippen molar-refractivity contribution in [2.45, 2.75) is 19.8 Å². The van der Waals surface area contributed by atoms with Crippen LogP contribution in [0.5, 0.6) is 0 Å². The van der Waals surface area contributed by atoms with Gasteiger partial charge in [0, 0.05) is 19.5 Å². The van der Waals surface area contributed by atoms with Crippen molar-refractivity contribution in [3.63, 3.8) is 0 Å². The molecule has 0 amide bonds. The molecular weight excluding hydrogens is 166 g/mol. The maximum Gasteiger partial charge on any atom is 0.271 e. The summed E-state index contributed by atoms with van der Waals surface area (Å²) in [4.78, 5) is 11.7. The molecule has 1 atom stereocenters. The second-order valence-electron chi connectivity index (χ2n) is 4.00. The fourth-order valence-corrected chi connectivity index (χ4v) is 1.93. The van der Waals surface area contributed by atoms with E-state index in [1.807, 2.05) is 0 Å². The summed E-state index contributed by atoms with van der Waals surface area (Å²) in [6.45, 7) is 5.18. The standard InChI is InChI=1S/C9H15N3O/c1-5(2)6-4-10-8-7(6)9(13)12(3)11-8/h5-6,10-11H,4H2,1-3H3/t6-/m0/s1. The van der Waals surface area contributed by atoms with Crippen LogP contribution in [0.2, 0.25) is 0 Å². The summed E-state index contributed by atoms with van der Waals surface area (Å²) in [7, 11) is 1.75. The number of rotatable bonds is 1. The maximum absolute atomic E-state index is 11.7. The van der Waals surface area contributed by atoms with Crippen molar-refractivity contribution >= 4 is 5.82 Å². The molecule has 0 unspecified atom stereocenters. The average molecular weight is 181 g/mol. The molecule has 1 aliphatic heterocycles. The molecule has 13 heavy (non-hydrogen) atoms. The number of hydrogen-bond acceptors (Lipinski definition) is 2. The molecule has 2 N–H and O–H groups in total. The van der Waals surface area contributed by atoms with Crippen molar-refractivity contribution in [3.05, 3.63) is 15.9 Å². The highest BCUT2D eigenvalue weighted by atomic mass is 16.1. The third kappa shape index (κ3) is 1.08. The van der Waals surface area contributed by atoms with Crippen LogP contribution in [0.3, 0.4) is 0 Å². The highest BCUT2D eigenvalue weighted by molar-refractivity contribution is 5.51. The smallest absolute Gasteiger partial charge is 0.271 e. The van der Waals surface area contributed by atoms with Gasteiger partial charge in [0.05, 0.1) is 5.56 Å². The molecule has 2 heterocycles. The lowest BCUT2D eigenvalue weighted by atomic mass is 9.92. The van der Waals surface area contributed by atoms with E-state index in [0.717, 1.165) is 17.9 Å². The van der Waals surface area contributed by atoms with Crippen molar-refractivity contribution in [1.82, 2.24) is 9.78 Å². The number of aromatic nitrogens is 2. The average Bonchev–Trinajstić information content (AvgIpc) is 2.55. The Labute approximate surface area is 76.9 Å². The quantitative estimate of drug-likeness (QED) is 0.675. The third-order valence-electron chi connectivity index (χ3n) is 2.76. The van der Waals surface area contributed by atoms with Crippen molar-refractivity contribution in [2.24, 2.45) is 13.0 Å². The molecular formula is C9H15N3O. The van der Waals surface area contributed by atoms with Gasteiger partial charge in [0.25, 0.3) is 5.56 Å². The molecule has 1 aromatic heterocycles. The molecule has 0 aliphatic carbocycles. The summed E-state index contributed by atoms with van der Waals surface area (Å²) >= 11 is 0. The van der Waals surface area contributed by atoms with Crippen molar-refractivity contribution in [1.29, 1.82) is 0 Å². The second kappa shape index (κ2) is 2.65. The Bertz CT molecular complexity index is 375. The van der Waals surface area contributed by atoms with E-state index in [1.54, 1.807) is 7.05 Å². The summed E-state index contributed by atoms with van der Waals surface area (Å²) in [6.07, 6.45) is 0. The maximum atomic E-state index is 11.7. The fraction of sp³-hybridized carbons (Fsp3) is 0.667. The molecule has 0 saturated heterocycles. The Kier molecular flexibility index (Phi) is 1.71. The summed E-state index contributed by atoms with van der Waals surface area (Å²) in [6, 6.07) is 0. The predicted molar refractivity (Wildman–Crippen MR) is 52.1 cm³/mol. The number of nitrogens with one attached hydrogen (secondary N) is 2. The first kappa shape index (κ1) is 8.41. The van der Waals surface area contributed by atoms with Gasteiger partial charge in [-0.05, 0) is 5.92 Å². The first-order valence-electron chi connectivity index (χ1n) is 4.64. The molecule has 0 saturated carbocycles. The van der Waals surface area contributed by atoms with Crippen LogP contribution in [-0.2, 0) is 7.05 Å². The number of fused-ring (bicyclic) bond motifs is 1. The largest absolute Gasteiger partial charge is 0.370 e. The Hall–Kier alpha value is -1.19. The highest BCUT2D eigenvalue weighted by Gasteiger charge is 2.30. The lowest BCUT2D eigenvalue weighted by molar-refractivity contribution is 0.526. The Balaban J connectivity index is 2.52. The molecule has 1 aromatic rings. The molecule has 2 rings (SSSR count). The van der Waals surface area contributed by atoms with Gasteiger partial charge in [-0.1, -0.05) is 13.8 Å². The van der Waals surface area contributed by atoms with Crippen LogP contribution < -0.4 is 10.9 Å². The zero-order chi connectivity index (χ0) is 9.59. The highest BCUT2D eigenvalue weighted by Crippen LogP contribution is 2.32. The molecule has 0 spiro atoms. The van der Waals surface area contributed by atoms with Crippen LogP contribution in [0, 0.1) is 5.92 Å². The van der Waals surface area contributed by atoms with Gasteiger partial charge in [-0.15, -0.1) is 0 Å². The van der Waals surface area contributed by atoms with Crippen LogP contribution in [0.15, 0.2) is 4.79 Å². The summed E-state index contributed by atoms with van der Waals surface area (Å²) in [5.74, 6) is 1.78. The fourth-order valence-electron chi connectivity index (χ4n) is 1.93. The molecule has 0 aromatic carbocycles. The zero-order valence-electron chi connectivity index (χ0n) is 8.22. The number of aromatic amines is 1. The van der Waals surface area contributed by atoms with E-state index in [1.165, 1.54) is 4.68 Å². The van der Waals surface area contributed by atoms with Gasteiger partial charge in [0.2, 0.25) is 0 Å². The van der Waals surface area contributed by atoms with Crippen LogP contribution in [-0.4, -0.2) is 16.3 Å². The van der Waals surface area contributed by atoms with E-state index in [-0.39, 0.29) is 5.56 Å². The number of aryl methyl sites for hydroxylation is 1. The van der Waals surface area contributed by atoms with Crippen molar-refractivity contribution < 1.29 is 0 Å². The Morgan fingerprint density at radius 3 is 2.85 bits per heavy atom. The second-order valence-corrected chi connectivity index (χ2v) is 4.00. The van der Waals surface area contributed by atoms with Crippen LogP contribution in [0.1, 0.15) is 25.3 Å². The number of hydrogen-bond donors (Lipinski definition) is 2. The third-order valence-corrected chi connectivity index (χ3v) is 2.76. The van der Waals surface area contributed by atoms with Gasteiger partial charge in [-0.2, -0.15) is 0 Å². The molecule has 4 nitrogen and oxygen atoms in total. The molecule has 0 fully saturated rings. The minimum atomic E-state index is 0.110. The Morgan fingerprint density at radius 2 is 2.23 bits per heavy atom. The molecule has 0 bridgehead atoms. The van der Waals surface area contributed by atoms with E-state index >= 15 is 0 Å². The van der Waals surface area contributed by atoms with E-state index < -0.39 is 0 Å². The van der Waals surface area contributed by atoms with Crippen LogP contribution >= 0.6 is 0 Å². The van der Waals surface area contributed by atoms with Gasteiger partial charge in [-0.3, -0.25) is 14.6 Å². The van der Waals surface area contributed by atoms with Gasteiger partial charge in [0.15, 0.2) is 0 Å². The van der Waals surface area contributed by atoms with Gasteiger partial charge in [-0.25, -0.2) is 0 Å². The Morgan fingerprint density at radius 1 is 1.54 bits per heavy atom. The molecule has 0 radical (unpaired) electrons.